The van der Waals surface area contributed by atoms with Gasteiger partial charge in [0.1, 0.15) is 22.6 Å². The molecule has 0 aromatic carbocycles. The van der Waals surface area contributed by atoms with Gasteiger partial charge in [-0.15, -0.1) is 0 Å². The molecule has 0 amide bonds. The van der Waals surface area contributed by atoms with Crippen LogP contribution in [0.2, 0.25) is 4.47 Å². The molecule has 0 saturated carbocycles. The van der Waals surface area contributed by atoms with Crippen LogP contribution in [-0.4, -0.2) is 27.6 Å². The topological polar surface area (TPSA) is 61.3 Å². The number of ether oxygens (including phenoxy) is 2. The van der Waals surface area contributed by atoms with Crippen LogP contribution >= 0.6 is 34.5 Å². The molecule has 0 N–H and O–H groups in total. The fourth-order valence-corrected chi connectivity index (χ4v) is 2.49. The van der Waals surface area contributed by atoms with Crippen molar-refractivity contribution in [1.82, 2.24) is 9.97 Å². The lowest BCUT2D eigenvalue weighted by atomic mass is 10.2. The number of carbonyl (C=O) groups is 1. The summed E-state index contributed by atoms with van der Waals surface area (Å²) in [6.07, 6.45) is -1.28. The number of pyridine rings is 1. The van der Waals surface area contributed by atoms with Gasteiger partial charge in [0.05, 0.1) is 0 Å². The fourth-order valence-electron chi connectivity index (χ4n) is 1.40. The summed E-state index contributed by atoms with van der Waals surface area (Å²) in [4.78, 5) is 19.0. The highest BCUT2D eigenvalue weighted by Gasteiger charge is 2.20. The van der Waals surface area contributed by atoms with E-state index in [1.165, 1.54) is 6.07 Å². The molecule has 2 unspecified atom stereocenters. The number of halogens is 3. The summed E-state index contributed by atoms with van der Waals surface area (Å²) in [5.41, 5.74) is -0.594. The van der Waals surface area contributed by atoms with Crippen molar-refractivity contribution in [1.29, 1.82) is 0 Å². The Bertz CT molecular complexity index is 652. The van der Waals surface area contributed by atoms with Crippen molar-refractivity contribution in [2.75, 3.05) is 0 Å². The minimum Gasteiger partial charge on any atom is -0.469 e. The van der Waals surface area contributed by atoms with E-state index in [2.05, 4.69) is 9.97 Å². The van der Waals surface area contributed by atoms with Gasteiger partial charge >= 0.3 is 5.43 Å². The van der Waals surface area contributed by atoms with Crippen LogP contribution in [0.1, 0.15) is 13.8 Å². The highest BCUT2D eigenvalue weighted by molar-refractivity contribution is 7.21. The first kappa shape index (κ1) is 15.2. The first-order chi connectivity index (χ1) is 9.36. The van der Waals surface area contributed by atoms with Crippen LogP contribution in [0, 0.1) is 5.82 Å². The molecule has 0 aliphatic rings. The molecule has 2 aromatic rings. The zero-order valence-corrected chi connectivity index (χ0v) is 12.7. The van der Waals surface area contributed by atoms with Crippen molar-refractivity contribution in [3.05, 3.63) is 16.4 Å². The molecule has 108 valence electrons. The maximum atomic E-state index is 13.8. The summed E-state index contributed by atoms with van der Waals surface area (Å²) < 4.78 is 24.2. The molecule has 0 aliphatic carbocycles. The van der Waals surface area contributed by atoms with Crippen molar-refractivity contribution in [2.45, 2.75) is 26.1 Å². The molecule has 2 atom stereocenters. The summed E-state index contributed by atoms with van der Waals surface area (Å²) in [7, 11) is 0. The van der Waals surface area contributed by atoms with Gasteiger partial charge in [-0.25, -0.2) is 14.2 Å². The molecule has 0 aliphatic heterocycles. The second-order valence-electron chi connectivity index (χ2n) is 3.95. The number of carbonyl (C=O) groups excluding carboxylic acids is 1. The highest BCUT2D eigenvalue weighted by atomic mass is 35.5. The van der Waals surface area contributed by atoms with Crippen molar-refractivity contribution in [2.24, 2.45) is 0 Å². The zero-order chi connectivity index (χ0) is 14.9. The van der Waals surface area contributed by atoms with E-state index < -0.39 is 23.5 Å². The third kappa shape index (κ3) is 3.47. The summed E-state index contributed by atoms with van der Waals surface area (Å²) in [5, 5.41) is 0. The zero-order valence-electron chi connectivity index (χ0n) is 10.4. The van der Waals surface area contributed by atoms with Crippen molar-refractivity contribution >= 4 is 50.3 Å². The van der Waals surface area contributed by atoms with E-state index in [1.54, 1.807) is 13.8 Å². The summed E-state index contributed by atoms with van der Waals surface area (Å²) in [5.74, 6) is -0.876. The van der Waals surface area contributed by atoms with Crippen molar-refractivity contribution < 1.29 is 18.7 Å². The number of thiazole rings is 1. The maximum Gasteiger partial charge on any atom is 0.404 e. The Kier molecular flexibility index (Phi) is 4.62. The van der Waals surface area contributed by atoms with E-state index >= 15 is 0 Å². The van der Waals surface area contributed by atoms with Gasteiger partial charge in [0.2, 0.25) is 0 Å². The molecule has 9 heteroatoms. The Balaban J connectivity index is 2.20. The second kappa shape index (κ2) is 6.07. The van der Waals surface area contributed by atoms with E-state index in [0.29, 0.717) is 10.3 Å². The van der Waals surface area contributed by atoms with E-state index in [1.807, 2.05) is 0 Å². The number of hydrogen-bond donors (Lipinski definition) is 0. The summed E-state index contributed by atoms with van der Waals surface area (Å²) in [6, 6.07) is 1.19. The molecule has 2 heterocycles. The largest absolute Gasteiger partial charge is 0.469 e. The molecule has 0 bridgehead atoms. The normalized spacial score (nSPS) is 14.1. The molecule has 2 rings (SSSR count). The Morgan fingerprint density at radius 1 is 1.40 bits per heavy atom. The molecule has 0 fully saturated rings. The van der Waals surface area contributed by atoms with Gasteiger partial charge in [0, 0.05) is 17.7 Å². The number of hydrogen-bond acceptors (Lipinski definition) is 6. The standard InChI is InChI=1S/C11H9Cl2FN2O3S/c1-4(5(2)19-11(13)17)18-8-6(14)3-7-9(16-8)20-10(12)15-7/h3-5H,1-2H3. The molecule has 0 radical (unpaired) electrons. The van der Waals surface area contributed by atoms with Gasteiger partial charge in [0.15, 0.2) is 10.3 Å². The van der Waals surface area contributed by atoms with E-state index in [-0.39, 0.29) is 10.3 Å². The molecular weight excluding hydrogens is 330 g/mol. The lowest BCUT2D eigenvalue weighted by Crippen LogP contribution is -2.30. The van der Waals surface area contributed by atoms with E-state index in [9.17, 15) is 9.18 Å². The van der Waals surface area contributed by atoms with E-state index in [4.69, 9.17) is 32.7 Å². The Morgan fingerprint density at radius 2 is 2.10 bits per heavy atom. The molecule has 0 spiro atoms. The SMILES string of the molecule is CC(OC(=O)Cl)C(C)Oc1nc2sc(Cl)nc2cc1F. The molecule has 20 heavy (non-hydrogen) atoms. The van der Waals surface area contributed by atoms with E-state index in [0.717, 1.165) is 11.3 Å². The van der Waals surface area contributed by atoms with Gasteiger partial charge in [0.25, 0.3) is 5.88 Å². The van der Waals surface area contributed by atoms with Crippen molar-refractivity contribution in [3.8, 4) is 5.88 Å². The quantitative estimate of drug-likeness (QED) is 0.788. The Labute approximate surface area is 127 Å². The first-order valence-corrected chi connectivity index (χ1v) is 7.09. The minimum absolute atomic E-state index is 0.206. The van der Waals surface area contributed by atoms with Crippen LogP contribution in [-0.2, 0) is 4.74 Å². The predicted octanol–water partition coefficient (Wildman–Crippen LogP) is 4.02. The first-order valence-electron chi connectivity index (χ1n) is 5.52. The van der Waals surface area contributed by atoms with Crippen LogP contribution in [0.5, 0.6) is 5.88 Å². The highest BCUT2D eigenvalue weighted by Crippen LogP contribution is 2.28. The predicted molar refractivity (Wildman–Crippen MR) is 74.3 cm³/mol. The fraction of sp³-hybridized carbons (Fsp3) is 0.364. The monoisotopic (exact) mass is 338 g/mol. The average molecular weight is 339 g/mol. The maximum absolute atomic E-state index is 13.8. The van der Waals surface area contributed by atoms with Crippen LogP contribution in [0.3, 0.4) is 0 Å². The van der Waals surface area contributed by atoms with Gasteiger partial charge in [-0.2, -0.15) is 4.98 Å². The lowest BCUT2D eigenvalue weighted by molar-refractivity contribution is 0.0433. The second-order valence-corrected chi connectivity index (χ2v) is 5.82. The number of nitrogens with zero attached hydrogens (tertiary/aromatic N) is 2. The Hall–Kier alpha value is -1.18. The third-order valence-corrected chi connectivity index (χ3v) is 3.67. The van der Waals surface area contributed by atoms with Crippen molar-refractivity contribution in [3.63, 3.8) is 0 Å². The van der Waals surface area contributed by atoms with Crippen LogP contribution < -0.4 is 4.74 Å². The Morgan fingerprint density at radius 3 is 2.75 bits per heavy atom. The molecule has 5 nitrogen and oxygen atoms in total. The average Bonchev–Trinajstić information content (AvgIpc) is 2.67. The van der Waals surface area contributed by atoms with Gasteiger partial charge in [-0.3, -0.25) is 0 Å². The number of rotatable bonds is 4. The molecular formula is C11H9Cl2FN2O3S. The summed E-state index contributed by atoms with van der Waals surface area (Å²) in [6.45, 7) is 3.18. The third-order valence-electron chi connectivity index (χ3n) is 2.52. The van der Waals surface area contributed by atoms with Gasteiger partial charge in [-0.1, -0.05) is 22.9 Å². The minimum atomic E-state index is -0.953. The van der Waals surface area contributed by atoms with Crippen LogP contribution in [0.15, 0.2) is 6.07 Å². The van der Waals surface area contributed by atoms with Crippen LogP contribution in [0.4, 0.5) is 9.18 Å². The molecule has 2 aromatic heterocycles. The van der Waals surface area contributed by atoms with Gasteiger partial charge < -0.3 is 9.47 Å². The smallest absolute Gasteiger partial charge is 0.404 e. The number of fused-ring (bicyclic) bond motifs is 1. The molecule has 0 saturated heterocycles. The van der Waals surface area contributed by atoms with Gasteiger partial charge in [-0.05, 0) is 13.8 Å². The summed E-state index contributed by atoms with van der Waals surface area (Å²) >= 11 is 11.9. The number of aromatic nitrogens is 2. The lowest BCUT2D eigenvalue weighted by Gasteiger charge is -2.20. The van der Waals surface area contributed by atoms with Crippen LogP contribution in [0.25, 0.3) is 10.3 Å².